The van der Waals surface area contributed by atoms with Gasteiger partial charge >= 0.3 is 0 Å². The molecule has 0 spiro atoms. The molecule has 0 fully saturated rings. The normalized spacial score (nSPS) is 11.9. The van der Waals surface area contributed by atoms with Crippen LogP contribution in [0.25, 0.3) is 0 Å². The molecule has 0 amide bonds. The Kier molecular flexibility index (Phi) is 4.98. The first kappa shape index (κ1) is 14.4. The highest BCUT2D eigenvalue weighted by molar-refractivity contribution is 5.43. The van der Waals surface area contributed by atoms with Crippen LogP contribution < -0.4 is 15.2 Å². The van der Waals surface area contributed by atoms with Gasteiger partial charge in [0.1, 0.15) is 6.61 Å². The first-order valence-electron chi connectivity index (χ1n) is 6.47. The molecule has 106 valence electrons. The molecule has 3 N–H and O–H groups in total. The van der Waals surface area contributed by atoms with Gasteiger partial charge in [0.25, 0.3) is 0 Å². The van der Waals surface area contributed by atoms with Crippen molar-refractivity contribution in [3.63, 3.8) is 0 Å². The van der Waals surface area contributed by atoms with Gasteiger partial charge in [0, 0.05) is 6.54 Å². The predicted molar refractivity (Wildman–Crippen MR) is 77.8 cm³/mol. The molecular formula is C16H19NO3. The Bertz CT molecular complexity index is 543. The molecule has 20 heavy (non-hydrogen) atoms. The molecule has 2 rings (SSSR count). The van der Waals surface area contributed by atoms with Crippen molar-refractivity contribution in [1.82, 2.24) is 0 Å². The standard InChI is InChI=1S/C16H19NO3/c1-19-16-9-13(14(18)10-17)7-8-15(16)20-11-12-5-3-2-4-6-12/h2-9,14,18H,10-11,17H2,1H3/t14-/m0/s1. The highest BCUT2D eigenvalue weighted by atomic mass is 16.5. The SMILES string of the molecule is COc1cc([C@@H](O)CN)ccc1OCc1ccccc1. The number of methoxy groups -OCH3 is 1. The van der Waals surface area contributed by atoms with Crippen LogP contribution in [0.2, 0.25) is 0 Å². The van der Waals surface area contributed by atoms with Gasteiger partial charge in [-0.3, -0.25) is 0 Å². The van der Waals surface area contributed by atoms with Crippen LogP contribution in [0.3, 0.4) is 0 Å². The van der Waals surface area contributed by atoms with E-state index in [-0.39, 0.29) is 6.54 Å². The van der Waals surface area contributed by atoms with Gasteiger partial charge < -0.3 is 20.3 Å². The number of rotatable bonds is 6. The second kappa shape index (κ2) is 6.93. The zero-order chi connectivity index (χ0) is 14.4. The fourth-order valence-electron chi connectivity index (χ4n) is 1.88. The predicted octanol–water partition coefficient (Wildman–Crippen LogP) is 2.27. The Morgan fingerprint density at radius 2 is 1.85 bits per heavy atom. The maximum atomic E-state index is 9.73. The Morgan fingerprint density at radius 3 is 2.50 bits per heavy atom. The van der Waals surface area contributed by atoms with E-state index in [1.54, 1.807) is 25.3 Å². The maximum Gasteiger partial charge on any atom is 0.161 e. The molecule has 0 aliphatic heterocycles. The van der Waals surface area contributed by atoms with Crippen molar-refractivity contribution in [2.45, 2.75) is 12.7 Å². The van der Waals surface area contributed by atoms with Crippen molar-refractivity contribution in [2.75, 3.05) is 13.7 Å². The van der Waals surface area contributed by atoms with Crippen molar-refractivity contribution in [3.05, 3.63) is 59.7 Å². The van der Waals surface area contributed by atoms with E-state index >= 15 is 0 Å². The van der Waals surface area contributed by atoms with E-state index < -0.39 is 6.10 Å². The molecule has 0 aromatic heterocycles. The molecule has 0 radical (unpaired) electrons. The third kappa shape index (κ3) is 3.50. The number of aliphatic hydroxyl groups excluding tert-OH is 1. The van der Waals surface area contributed by atoms with E-state index in [4.69, 9.17) is 15.2 Å². The van der Waals surface area contributed by atoms with Gasteiger partial charge in [-0.1, -0.05) is 36.4 Å². The van der Waals surface area contributed by atoms with Crippen molar-refractivity contribution in [1.29, 1.82) is 0 Å². The fourth-order valence-corrected chi connectivity index (χ4v) is 1.88. The molecule has 0 heterocycles. The highest BCUT2D eigenvalue weighted by Crippen LogP contribution is 2.30. The summed E-state index contributed by atoms with van der Waals surface area (Å²) in [6.07, 6.45) is -0.688. The summed E-state index contributed by atoms with van der Waals surface area (Å²) in [6.45, 7) is 0.642. The van der Waals surface area contributed by atoms with E-state index in [9.17, 15) is 5.11 Å². The summed E-state index contributed by atoms with van der Waals surface area (Å²) in [7, 11) is 1.57. The minimum Gasteiger partial charge on any atom is -0.493 e. The molecule has 4 nitrogen and oxygen atoms in total. The Labute approximate surface area is 118 Å². The van der Waals surface area contributed by atoms with Gasteiger partial charge in [-0.25, -0.2) is 0 Å². The van der Waals surface area contributed by atoms with Crippen LogP contribution in [-0.4, -0.2) is 18.8 Å². The summed E-state index contributed by atoms with van der Waals surface area (Å²) < 4.78 is 11.0. The van der Waals surface area contributed by atoms with E-state index in [1.807, 2.05) is 30.3 Å². The van der Waals surface area contributed by atoms with Crippen LogP contribution >= 0.6 is 0 Å². The zero-order valence-corrected chi connectivity index (χ0v) is 11.5. The van der Waals surface area contributed by atoms with Crippen LogP contribution in [0.15, 0.2) is 48.5 Å². The minimum absolute atomic E-state index is 0.174. The molecule has 4 heteroatoms. The van der Waals surface area contributed by atoms with Gasteiger partial charge in [-0.15, -0.1) is 0 Å². The molecule has 2 aromatic carbocycles. The monoisotopic (exact) mass is 273 g/mol. The summed E-state index contributed by atoms with van der Waals surface area (Å²) >= 11 is 0. The van der Waals surface area contributed by atoms with Gasteiger partial charge in [0.05, 0.1) is 13.2 Å². The first-order chi connectivity index (χ1) is 9.74. The van der Waals surface area contributed by atoms with Crippen molar-refractivity contribution in [3.8, 4) is 11.5 Å². The topological polar surface area (TPSA) is 64.7 Å². The maximum absolute atomic E-state index is 9.73. The average Bonchev–Trinajstić information content (AvgIpc) is 2.53. The lowest BCUT2D eigenvalue weighted by molar-refractivity contribution is 0.186. The van der Waals surface area contributed by atoms with Crippen LogP contribution in [-0.2, 0) is 6.61 Å². The summed E-state index contributed by atoms with van der Waals surface area (Å²) in [5.74, 6) is 1.23. The van der Waals surface area contributed by atoms with Gasteiger partial charge in [-0.2, -0.15) is 0 Å². The number of nitrogens with two attached hydrogens (primary N) is 1. The van der Waals surface area contributed by atoms with Gasteiger partial charge in [0.15, 0.2) is 11.5 Å². The van der Waals surface area contributed by atoms with Crippen LogP contribution in [0.4, 0.5) is 0 Å². The van der Waals surface area contributed by atoms with E-state index in [1.165, 1.54) is 0 Å². The first-order valence-corrected chi connectivity index (χ1v) is 6.47. The molecule has 2 aromatic rings. The van der Waals surface area contributed by atoms with Gasteiger partial charge in [-0.05, 0) is 23.3 Å². The number of ether oxygens (including phenoxy) is 2. The highest BCUT2D eigenvalue weighted by Gasteiger charge is 2.10. The molecule has 1 atom stereocenters. The summed E-state index contributed by atoms with van der Waals surface area (Å²) in [6, 6.07) is 15.2. The minimum atomic E-state index is -0.688. The summed E-state index contributed by atoms with van der Waals surface area (Å²) in [4.78, 5) is 0. The molecule has 0 saturated carbocycles. The third-order valence-corrected chi connectivity index (χ3v) is 3.03. The lowest BCUT2D eigenvalue weighted by Gasteiger charge is -2.14. The van der Waals surface area contributed by atoms with Crippen molar-refractivity contribution < 1.29 is 14.6 Å². The summed E-state index contributed by atoms with van der Waals surface area (Å²) in [5.41, 5.74) is 7.25. The van der Waals surface area contributed by atoms with Gasteiger partial charge in [0.2, 0.25) is 0 Å². The molecular weight excluding hydrogens is 254 g/mol. The smallest absolute Gasteiger partial charge is 0.161 e. The third-order valence-electron chi connectivity index (χ3n) is 3.03. The fraction of sp³-hybridized carbons (Fsp3) is 0.250. The van der Waals surface area contributed by atoms with E-state index in [0.29, 0.717) is 18.1 Å². The van der Waals surface area contributed by atoms with E-state index in [2.05, 4.69) is 0 Å². The molecule has 0 bridgehead atoms. The zero-order valence-electron chi connectivity index (χ0n) is 11.5. The Balaban J connectivity index is 2.11. The van der Waals surface area contributed by atoms with Crippen molar-refractivity contribution in [2.24, 2.45) is 5.73 Å². The Hall–Kier alpha value is -2.04. The molecule has 0 saturated heterocycles. The molecule has 0 unspecified atom stereocenters. The van der Waals surface area contributed by atoms with Crippen LogP contribution in [0, 0.1) is 0 Å². The molecule has 0 aliphatic rings. The number of benzene rings is 2. The average molecular weight is 273 g/mol. The quantitative estimate of drug-likeness (QED) is 0.847. The number of hydrogen-bond donors (Lipinski definition) is 2. The number of hydrogen-bond acceptors (Lipinski definition) is 4. The Morgan fingerprint density at radius 1 is 1.10 bits per heavy atom. The number of aliphatic hydroxyl groups is 1. The molecule has 0 aliphatic carbocycles. The second-order valence-corrected chi connectivity index (χ2v) is 4.44. The lowest BCUT2D eigenvalue weighted by Crippen LogP contribution is -2.11. The second-order valence-electron chi connectivity index (χ2n) is 4.44. The van der Waals surface area contributed by atoms with Crippen molar-refractivity contribution >= 4 is 0 Å². The van der Waals surface area contributed by atoms with E-state index in [0.717, 1.165) is 11.1 Å². The summed E-state index contributed by atoms with van der Waals surface area (Å²) in [5, 5.41) is 9.73. The largest absolute Gasteiger partial charge is 0.493 e. The van der Waals surface area contributed by atoms with Crippen LogP contribution in [0.5, 0.6) is 11.5 Å². The van der Waals surface area contributed by atoms with Crippen LogP contribution in [0.1, 0.15) is 17.2 Å². The lowest BCUT2D eigenvalue weighted by atomic mass is 10.1.